The van der Waals surface area contributed by atoms with Crippen LogP contribution in [0.25, 0.3) is 0 Å². The third-order valence-electron chi connectivity index (χ3n) is 3.89. The lowest BCUT2D eigenvalue weighted by Gasteiger charge is -2.47. The Morgan fingerprint density at radius 1 is 0.842 bits per heavy atom. The molecular formula is C14H32NO4+. The molecule has 0 amide bonds. The zero-order valence-corrected chi connectivity index (χ0v) is 13.8. The van der Waals surface area contributed by atoms with Gasteiger partial charge in [-0.15, -0.1) is 0 Å². The van der Waals surface area contributed by atoms with Crippen LogP contribution in [-0.2, 0) is 18.9 Å². The van der Waals surface area contributed by atoms with Gasteiger partial charge in [-0.1, -0.05) is 0 Å². The maximum atomic E-state index is 5.89. The zero-order chi connectivity index (χ0) is 15.1. The highest BCUT2D eigenvalue weighted by atomic mass is 16.7. The summed E-state index contributed by atoms with van der Waals surface area (Å²) < 4.78 is 23.2. The molecule has 0 rings (SSSR count). The molecule has 0 aliphatic heterocycles. The summed E-state index contributed by atoms with van der Waals surface area (Å²) in [6, 6.07) is 0. The predicted octanol–water partition coefficient (Wildman–Crippen LogP) is 2.55. The van der Waals surface area contributed by atoms with Crippen molar-refractivity contribution in [3.05, 3.63) is 0 Å². The second kappa shape index (κ2) is 8.87. The summed E-state index contributed by atoms with van der Waals surface area (Å²) in [7, 11) is 3.73. The minimum Gasteiger partial charge on any atom is -0.356 e. The van der Waals surface area contributed by atoms with Crippen LogP contribution in [0.2, 0.25) is 0 Å². The van der Waals surface area contributed by atoms with Gasteiger partial charge in [0.25, 0.3) is 0 Å². The van der Waals surface area contributed by atoms with Crippen LogP contribution >= 0.6 is 0 Å². The highest BCUT2D eigenvalue weighted by Crippen LogP contribution is 2.25. The number of ether oxygens (including phenoxy) is 4. The Kier molecular flexibility index (Phi) is 8.78. The molecule has 0 spiro atoms. The fourth-order valence-electron chi connectivity index (χ4n) is 2.15. The van der Waals surface area contributed by atoms with E-state index >= 15 is 0 Å². The Balaban J connectivity index is 5.01. The van der Waals surface area contributed by atoms with Crippen molar-refractivity contribution < 1.29 is 23.4 Å². The molecule has 0 saturated heterocycles. The van der Waals surface area contributed by atoms with Gasteiger partial charge in [-0.2, -0.15) is 0 Å². The molecule has 0 radical (unpaired) electrons. The first-order valence-corrected chi connectivity index (χ1v) is 7.11. The van der Waals surface area contributed by atoms with Crippen LogP contribution in [-0.4, -0.2) is 56.8 Å². The summed E-state index contributed by atoms with van der Waals surface area (Å²) in [6.07, 6.45) is -0.399. The standard InChI is InChI=1S/C14H32NO4/c1-9-17-11(3)15(7,12(4)18-10-2)13(5)19-14(6)16-8/h11-14H,9-10H2,1-8H3/q+1. The van der Waals surface area contributed by atoms with E-state index < -0.39 is 0 Å². The van der Waals surface area contributed by atoms with Gasteiger partial charge >= 0.3 is 0 Å². The van der Waals surface area contributed by atoms with Crippen LogP contribution in [0.15, 0.2) is 0 Å². The van der Waals surface area contributed by atoms with E-state index in [1.165, 1.54) is 0 Å². The van der Waals surface area contributed by atoms with Crippen LogP contribution in [0.4, 0.5) is 0 Å². The van der Waals surface area contributed by atoms with Crippen molar-refractivity contribution in [2.45, 2.75) is 66.5 Å². The molecule has 0 aliphatic rings. The molecule has 5 heteroatoms. The van der Waals surface area contributed by atoms with Crippen molar-refractivity contribution in [2.75, 3.05) is 27.4 Å². The minimum atomic E-state index is -0.255. The average Bonchev–Trinajstić information content (AvgIpc) is 2.37. The molecular weight excluding hydrogens is 246 g/mol. The molecule has 4 unspecified atom stereocenters. The Morgan fingerprint density at radius 2 is 1.26 bits per heavy atom. The molecule has 0 aromatic carbocycles. The number of quaternary nitrogens is 1. The molecule has 0 aromatic heterocycles. The van der Waals surface area contributed by atoms with E-state index in [2.05, 4.69) is 20.9 Å². The first-order valence-electron chi connectivity index (χ1n) is 7.11. The van der Waals surface area contributed by atoms with Gasteiger partial charge in [0, 0.05) is 27.9 Å². The molecule has 0 bridgehead atoms. The maximum absolute atomic E-state index is 5.89. The molecule has 0 heterocycles. The van der Waals surface area contributed by atoms with Gasteiger partial charge in [-0.25, -0.2) is 0 Å². The van der Waals surface area contributed by atoms with Crippen LogP contribution in [0.5, 0.6) is 0 Å². The van der Waals surface area contributed by atoms with Crippen molar-refractivity contribution in [3.63, 3.8) is 0 Å². The quantitative estimate of drug-likeness (QED) is 0.454. The lowest BCUT2D eigenvalue weighted by atomic mass is 10.3. The number of nitrogens with zero attached hydrogens (tertiary/aromatic N) is 1. The second-order valence-corrected chi connectivity index (χ2v) is 4.87. The lowest BCUT2D eigenvalue weighted by molar-refractivity contribution is -1.03. The van der Waals surface area contributed by atoms with E-state index in [1.54, 1.807) is 7.11 Å². The van der Waals surface area contributed by atoms with Crippen molar-refractivity contribution in [2.24, 2.45) is 0 Å². The monoisotopic (exact) mass is 278 g/mol. The first-order chi connectivity index (χ1) is 8.84. The molecule has 5 nitrogen and oxygen atoms in total. The van der Waals surface area contributed by atoms with Gasteiger partial charge in [-0.3, -0.25) is 4.48 Å². The van der Waals surface area contributed by atoms with Crippen LogP contribution in [0.1, 0.15) is 41.5 Å². The van der Waals surface area contributed by atoms with E-state index in [4.69, 9.17) is 18.9 Å². The van der Waals surface area contributed by atoms with Crippen LogP contribution in [0.3, 0.4) is 0 Å². The lowest BCUT2D eigenvalue weighted by Crippen LogP contribution is -2.64. The Labute approximate surface area is 118 Å². The normalized spacial score (nSPS) is 21.5. The minimum absolute atomic E-state index is 0.0226. The molecule has 4 atom stereocenters. The van der Waals surface area contributed by atoms with Gasteiger partial charge < -0.3 is 18.9 Å². The van der Waals surface area contributed by atoms with E-state index in [1.807, 2.05) is 27.7 Å². The highest BCUT2D eigenvalue weighted by molar-refractivity contribution is 4.48. The molecule has 116 valence electrons. The van der Waals surface area contributed by atoms with Gasteiger partial charge in [0.15, 0.2) is 25.0 Å². The van der Waals surface area contributed by atoms with Gasteiger partial charge in [0.1, 0.15) is 0 Å². The summed E-state index contributed by atoms with van der Waals surface area (Å²) in [6.45, 7) is 13.3. The van der Waals surface area contributed by atoms with Crippen molar-refractivity contribution in [3.8, 4) is 0 Å². The SMILES string of the molecule is CCOC(C)[N+](C)(C(C)OCC)C(C)OC(C)OC. The largest absolute Gasteiger partial charge is 0.356 e. The number of methoxy groups -OCH3 is 1. The van der Waals surface area contributed by atoms with Gasteiger partial charge in [-0.05, 0) is 20.8 Å². The van der Waals surface area contributed by atoms with Crippen molar-refractivity contribution >= 4 is 0 Å². The Bertz CT molecular complexity index is 225. The first kappa shape index (κ1) is 18.8. The number of hydrogen-bond donors (Lipinski definition) is 0. The number of hydrogen-bond acceptors (Lipinski definition) is 4. The zero-order valence-electron chi connectivity index (χ0n) is 13.8. The van der Waals surface area contributed by atoms with E-state index in [9.17, 15) is 0 Å². The fourth-order valence-corrected chi connectivity index (χ4v) is 2.15. The van der Waals surface area contributed by atoms with Crippen LogP contribution < -0.4 is 0 Å². The predicted molar refractivity (Wildman–Crippen MR) is 75.4 cm³/mol. The summed E-state index contributed by atoms with van der Waals surface area (Å²) >= 11 is 0. The summed E-state index contributed by atoms with van der Waals surface area (Å²) in [5.74, 6) is 0. The third kappa shape index (κ3) is 5.00. The van der Waals surface area contributed by atoms with Crippen LogP contribution in [0, 0.1) is 0 Å². The Morgan fingerprint density at radius 3 is 1.58 bits per heavy atom. The second-order valence-electron chi connectivity index (χ2n) is 4.87. The maximum Gasteiger partial charge on any atom is 0.197 e. The van der Waals surface area contributed by atoms with Crippen molar-refractivity contribution in [1.29, 1.82) is 0 Å². The van der Waals surface area contributed by atoms with Gasteiger partial charge in [0.05, 0.1) is 20.3 Å². The number of rotatable bonds is 10. The topological polar surface area (TPSA) is 36.9 Å². The van der Waals surface area contributed by atoms with Gasteiger partial charge in [0.2, 0.25) is 0 Å². The summed E-state index contributed by atoms with van der Waals surface area (Å²) in [5, 5.41) is 0. The smallest absolute Gasteiger partial charge is 0.197 e. The highest BCUT2D eigenvalue weighted by Gasteiger charge is 2.42. The molecule has 0 aromatic rings. The average molecular weight is 278 g/mol. The molecule has 0 N–H and O–H groups in total. The third-order valence-corrected chi connectivity index (χ3v) is 3.89. The van der Waals surface area contributed by atoms with E-state index in [0.29, 0.717) is 17.7 Å². The summed E-state index contributed by atoms with van der Waals surface area (Å²) in [5.41, 5.74) is 0. The van der Waals surface area contributed by atoms with E-state index in [0.717, 1.165) is 0 Å². The fraction of sp³-hybridized carbons (Fsp3) is 1.00. The molecule has 0 saturated carbocycles. The Hall–Kier alpha value is -0.200. The summed E-state index contributed by atoms with van der Waals surface area (Å²) in [4.78, 5) is 0. The molecule has 0 aliphatic carbocycles. The van der Waals surface area contributed by atoms with Crippen molar-refractivity contribution in [1.82, 2.24) is 0 Å². The molecule has 0 fully saturated rings. The van der Waals surface area contributed by atoms with E-state index in [-0.39, 0.29) is 25.0 Å². The molecule has 19 heavy (non-hydrogen) atoms.